The fourth-order valence-corrected chi connectivity index (χ4v) is 1.59. The minimum atomic E-state index is -0.0607. The molecule has 3 nitrogen and oxygen atoms in total. The van der Waals surface area contributed by atoms with E-state index in [1.807, 2.05) is 12.3 Å². The van der Waals surface area contributed by atoms with E-state index in [2.05, 4.69) is 4.98 Å². The zero-order valence-electron chi connectivity index (χ0n) is 9.53. The Balaban J connectivity index is 2.56. The molecule has 0 spiro atoms. The maximum absolute atomic E-state index is 11.6. The summed E-state index contributed by atoms with van der Waals surface area (Å²) in [7, 11) is 0. The minimum absolute atomic E-state index is 0.0607. The van der Waals surface area contributed by atoms with Gasteiger partial charge in [-0.15, -0.1) is 11.8 Å². The molecule has 0 radical (unpaired) electrons. The van der Waals surface area contributed by atoms with Gasteiger partial charge in [-0.3, -0.25) is 14.6 Å². The van der Waals surface area contributed by atoms with Gasteiger partial charge in [0.05, 0.1) is 0 Å². The van der Waals surface area contributed by atoms with E-state index in [9.17, 15) is 9.59 Å². The van der Waals surface area contributed by atoms with E-state index >= 15 is 0 Å². The molecule has 1 rings (SSSR count). The molecule has 0 aliphatic carbocycles. The zero-order valence-corrected chi connectivity index (χ0v) is 10.3. The second-order valence-corrected chi connectivity index (χ2v) is 4.28. The summed E-state index contributed by atoms with van der Waals surface area (Å²) < 4.78 is 0. The molecule has 0 aromatic carbocycles. The molecule has 0 aliphatic heterocycles. The van der Waals surface area contributed by atoms with Crippen LogP contribution in [0.4, 0.5) is 0 Å². The Hall–Kier alpha value is -1.16. The Kier molecular flexibility index (Phi) is 5.19. The van der Waals surface area contributed by atoms with Crippen molar-refractivity contribution in [3.8, 4) is 0 Å². The van der Waals surface area contributed by atoms with E-state index in [1.54, 1.807) is 30.9 Å². The first kappa shape index (κ1) is 12.9. The third-order valence-corrected chi connectivity index (χ3v) is 3.00. The van der Waals surface area contributed by atoms with Crippen LogP contribution >= 0.6 is 11.8 Å². The molecular formula is C12H15NO2S. The van der Waals surface area contributed by atoms with Gasteiger partial charge in [0.25, 0.3) is 0 Å². The zero-order chi connectivity index (χ0) is 12.0. The van der Waals surface area contributed by atoms with Crippen LogP contribution in [-0.2, 0) is 4.79 Å². The van der Waals surface area contributed by atoms with Crippen LogP contribution in [0.1, 0.15) is 36.7 Å². The molecule has 0 unspecified atom stereocenters. The summed E-state index contributed by atoms with van der Waals surface area (Å²) >= 11 is 1.58. The second kappa shape index (κ2) is 6.43. The van der Waals surface area contributed by atoms with Gasteiger partial charge >= 0.3 is 0 Å². The van der Waals surface area contributed by atoms with Gasteiger partial charge in [0.1, 0.15) is 11.5 Å². The molecule has 0 saturated carbocycles. The van der Waals surface area contributed by atoms with Crippen LogP contribution in [0.2, 0.25) is 0 Å². The number of aromatic nitrogens is 1. The summed E-state index contributed by atoms with van der Waals surface area (Å²) in [5.74, 6) is 0.0588. The number of nitrogens with zero attached hydrogens (tertiary/aromatic N) is 1. The molecule has 86 valence electrons. The highest BCUT2D eigenvalue weighted by Crippen LogP contribution is 2.13. The SMILES string of the molecule is CCC(=O)CCC(=O)c1ccc(SC)cn1. The molecule has 16 heavy (non-hydrogen) atoms. The number of ketones is 2. The Labute approximate surface area is 99.7 Å². The van der Waals surface area contributed by atoms with Crippen LogP contribution in [0.15, 0.2) is 23.2 Å². The lowest BCUT2D eigenvalue weighted by Crippen LogP contribution is -2.05. The standard InChI is InChI=1S/C12H15NO2S/c1-3-9(14)4-7-12(15)11-6-5-10(16-2)8-13-11/h5-6,8H,3-4,7H2,1-2H3. The predicted molar refractivity (Wildman–Crippen MR) is 64.9 cm³/mol. The van der Waals surface area contributed by atoms with Gasteiger partial charge in [-0.05, 0) is 18.4 Å². The van der Waals surface area contributed by atoms with Crippen LogP contribution in [0.25, 0.3) is 0 Å². The third kappa shape index (κ3) is 3.77. The van der Waals surface area contributed by atoms with Crippen LogP contribution in [0.3, 0.4) is 0 Å². The Morgan fingerprint density at radius 3 is 2.56 bits per heavy atom. The highest BCUT2D eigenvalue weighted by atomic mass is 32.2. The minimum Gasteiger partial charge on any atom is -0.300 e. The van der Waals surface area contributed by atoms with Crippen LogP contribution < -0.4 is 0 Å². The first-order valence-electron chi connectivity index (χ1n) is 5.22. The molecule has 0 N–H and O–H groups in total. The highest BCUT2D eigenvalue weighted by Gasteiger charge is 2.09. The van der Waals surface area contributed by atoms with Crippen LogP contribution in [-0.4, -0.2) is 22.8 Å². The van der Waals surface area contributed by atoms with Crippen molar-refractivity contribution in [3.63, 3.8) is 0 Å². The normalized spacial score (nSPS) is 10.1. The Morgan fingerprint density at radius 2 is 2.06 bits per heavy atom. The number of thioether (sulfide) groups is 1. The summed E-state index contributed by atoms with van der Waals surface area (Å²) in [6, 6.07) is 3.58. The van der Waals surface area contributed by atoms with E-state index in [0.717, 1.165) is 4.90 Å². The Morgan fingerprint density at radius 1 is 1.31 bits per heavy atom. The molecule has 0 bridgehead atoms. The molecule has 0 fully saturated rings. The number of rotatable bonds is 6. The summed E-state index contributed by atoms with van der Waals surface area (Å²) in [6.07, 6.45) is 4.71. The van der Waals surface area contributed by atoms with E-state index in [-0.39, 0.29) is 18.0 Å². The van der Waals surface area contributed by atoms with E-state index in [4.69, 9.17) is 0 Å². The number of hydrogen-bond acceptors (Lipinski definition) is 4. The van der Waals surface area contributed by atoms with Crippen molar-refractivity contribution < 1.29 is 9.59 Å². The van der Waals surface area contributed by atoms with Crippen molar-refractivity contribution >= 4 is 23.3 Å². The average Bonchev–Trinajstić information content (AvgIpc) is 2.35. The lowest BCUT2D eigenvalue weighted by Gasteiger charge is -2.00. The number of hydrogen-bond donors (Lipinski definition) is 0. The quantitative estimate of drug-likeness (QED) is 0.564. The largest absolute Gasteiger partial charge is 0.300 e. The maximum atomic E-state index is 11.6. The smallest absolute Gasteiger partial charge is 0.181 e. The van der Waals surface area contributed by atoms with Gasteiger partial charge in [-0.2, -0.15) is 0 Å². The van der Waals surface area contributed by atoms with Gasteiger partial charge < -0.3 is 0 Å². The fraction of sp³-hybridized carbons (Fsp3) is 0.417. The van der Waals surface area contributed by atoms with Gasteiger partial charge in [-0.1, -0.05) is 6.92 Å². The predicted octanol–water partition coefficient (Wildman–Crippen LogP) is 2.75. The summed E-state index contributed by atoms with van der Waals surface area (Å²) in [5.41, 5.74) is 0.446. The Bertz CT molecular complexity index is 373. The van der Waals surface area contributed by atoms with Gasteiger partial charge in [0.2, 0.25) is 0 Å². The molecule has 1 heterocycles. The maximum Gasteiger partial charge on any atom is 0.181 e. The molecule has 0 atom stereocenters. The number of pyridine rings is 1. The molecule has 1 aromatic heterocycles. The van der Waals surface area contributed by atoms with E-state index < -0.39 is 0 Å². The van der Waals surface area contributed by atoms with Crippen molar-refractivity contribution in [3.05, 3.63) is 24.0 Å². The molecule has 0 aliphatic rings. The summed E-state index contributed by atoms with van der Waals surface area (Å²) in [6.45, 7) is 1.80. The lowest BCUT2D eigenvalue weighted by molar-refractivity contribution is -0.118. The van der Waals surface area contributed by atoms with Crippen molar-refractivity contribution in [1.82, 2.24) is 4.98 Å². The second-order valence-electron chi connectivity index (χ2n) is 3.40. The molecule has 0 saturated heterocycles. The fourth-order valence-electron chi connectivity index (χ4n) is 1.22. The van der Waals surface area contributed by atoms with Gasteiger partial charge in [0.15, 0.2) is 5.78 Å². The highest BCUT2D eigenvalue weighted by molar-refractivity contribution is 7.98. The van der Waals surface area contributed by atoms with Crippen molar-refractivity contribution in [2.45, 2.75) is 31.1 Å². The number of carbonyl (C=O) groups excluding carboxylic acids is 2. The number of Topliss-reactive ketones (excluding diaryl/α,β-unsaturated/α-hetero) is 2. The lowest BCUT2D eigenvalue weighted by atomic mass is 10.1. The van der Waals surface area contributed by atoms with Crippen LogP contribution in [0, 0.1) is 0 Å². The molecule has 1 aromatic rings. The van der Waals surface area contributed by atoms with Crippen molar-refractivity contribution in [2.75, 3.05) is 6.26 Å². The van der Waals surface area contributed by atoms with E-state index in [1.165, 1.54) is 0 Å². The van der Waals surface area contributed by atoms with Crippen molar-refractivity contribution in [1.29, 1.82) is 0 Å². The average molecular weight is 237 g/mol. The first-order valence-corrected chi connectivity index (χ1v) is 6.44. The summed E-state index contributed by atoms with van der Waals surface area (Å²) in [4.78, 5) is 27.8. The molecular weight excluding hydrogens is 222 g/mol. The third-order valence-electron chi connectivity index (χ3n) is 2.28. The van der Waals surface area contributed by atoms with Gasteiger partial charge in [-0.25, -0.2) is 0 Å². The topological polar surface area (TPSA) is 47.0 Å². The van der Waals surface area contributed by atoms with E-state index in [0.29, 0.717) is 18.5 Å². The van der Waals surface area contributed by atoms with Gasteiger partial charge in [0, 0.05) is 30.4 Å². The summed E-state index contributed by atoms with van der Waals surface area (Å²) in [5, 5.41) is 0. The first-order chi connectivity index (χ1) is 7.67. The number of carbonyl (C=O) groups is 2. The van der Waals surface area contributed by atoms with Crippen molar-refractivity contribution in [2.24, 2.45) is 0 Å². The van der Waals surface area contributed by atoms with Crippen LogP contribution in [0.5, 0.6) is 0 Å². The molecule has 0 amide bonds. The monoisotopic (exact) mass is 237 g/mol. The molecule has 4 heteroatoms.